The van der Waals surface area contributed by atoms with Gasteiger partial charge in [0.25, 0.3) is 0 Å². The van der Waals surface area contributed by atoms with E-state index in [4.69, 9.17) is 4.74 Å². The van der Waals surface area contributed by atoms with Crippen molar-refractivity contribution in [3.8, 4) is 0 Å². The highest BCUT2D eigenvalue weighted by Gasteiger charge is 2.22. The van der Waals surface area contributed by atoms with Gasteiger partial charge >= 0.3 is 5.97 Å². The zero-order valence-corrected chi connectivity index (χ0v) is 12.4. The first-order valence-corrected chi connectivity index (χ1v) is 7.01. The summed E-state index contributed by atoms with van der Waals surface area (Å²) in [5.41, 5.74) is 1.17. The lowest BCUT2D eigenvalue weighted by molar-refractivity contribution is -0.146. The van der Waals surface area contributed by atoms with Crippen molar-refractivity contribution in [2.24, 2.45) is 0 Å². The molecule has 0 aliphatic rings. The normalized spacial score (nSPS) is 13.6. The number of rotatable bonds is 8. The minimum atomic E-state index is -0.450. The van der Waals surface area contributed by atoms with Crippen LogP contribution in [0.15, 0.2) is 30.3 Å². The molecule has 4 nitrogen and oxygen atoms in total. The fraction of sp³-hybridized carbons (Fsp3) is 0.500. The molecule has 0 heterocycles. The number of Topliss-reactive ketones (excluding diaryl/α,β-unsaturated/α-hetero) is 1. The van der Waals surface area contributed by atoms with Crippen molar-refractivity contribution in [3.05, 3.63) is 35.9 Å². The van der Waals surface area contributed by atoms with Gasteiger partial charge in [-0.2, -0.15) is 0 Å². The first-order valence-electron chi connectivity index (χ1n) is 7.01. The molecule has 0 unspecified atom stereocenters. The van der Waals surface area contributed by atoms with Gasteiger partial charge in [-0.05, 0) is 39.2 Å². The van der Waals surface area contributed by atoms with Crippen molar-refractivity contribution in [2.75, 3.05) is 6.61 Å². The van der Waals surface area contributed by atoms with Crippen molar-refractivity contribution in [1.29, 1.82) is 0 Å². The van der Waals surface area contributed by atoms with Crippen LogP contribution < -0.4 is 5.32 Å². The smallest absolute Gasteiger partial charge is 0.323 e. The molecule has 0 saturated heterocycles. The van der Waals surface area contributed by atoms with Gasteiger partial charge in [0, 0.05) is 0 Å². The van der Waals surface area contributed by atoms with Crippen LogP contribution >= 0.6 is 0 Å². The third kappa shape index (κ3) is 5.53. The topological polar surface area (TPSA) is 55.4 Å². The Morgan fingerprint density at radius 1 is 1.25 bits per heavy atom. The summed E-state index contributed by atoms with van der Waals surface area (Å²) in [6.45, 7) is 5.39. The second-order valence-corrected chi connectivity index (χ2v) is 4.83. The molecule has 0 bridgehead atoms. The summed E-state index contributed by atoms with van der Waals surface area (Å²) in [5.74, 6) is -0.282. The fourth-order valence-corrected chi connectivity index (χ4v) is 1.89. The lowest BCUT2D eigenvalue weighted by atomic mass is 10.0. The van der Waals surface area contributed by atoms with Gasteiger partial charge < -0.3 is 4.74 Å². The van der Waals surface area contributed by atoms with E-state index in [0.717, 1.165) is 6.42 Å². The highest BCUT2D eigenvalue weighted by molar-refractivity contribution is 5.82. The van der Waals surface area contributed by atoms with Gasteiger partial charge in [-0.15, -0.1) is 0 Å². The van der Waals surface area contributed by atoms with Gasteiger partial charge in [-0.25, -0.2) is 0 Å². The van der Waals surface area contributed by atoms with Crippen LogP contribution in [0.1, 0.15) is 32.8 Å². The van der Waals surface area contributed by atoms with Crippen LogP contribution in [0.5, 0.6) is 0 Å². The average molecular weight is 277 g/mol. The number of hydrogen-bond donors (Lipinski definition) is 1. The maximum absolute atomic E-state index is 11.9. The lowest BCUT2D eigenvalue weighted by Crippen LogP contribution is -2.46. The molecule has 1 rings (SSSR count). The van der Waals surface area contributed by atoms with Crippen molar-refractivity contribution < 1.29 is 14.3 Å². The molecule has 110 valence electrons. The van der Waals surface area contributed by atoms with E-state index in [-0.39, 0.29) is 17.8 Å². The molecule has 1 N–H and O–H groups in total. The Morgan fingerprint density at radius 3 is 2.45 bits per heavy atom. The summed E-state index contributed by atoms with van der Waals surface area (Å²) in [6, 6.07) is 9.16. The molecule has 2 atom stereocenters. The highest BCUT2D eigenvalue weighted by Crippen LogP contribution is 2.07. The third-order valence-electron chi connectivity index (χ3n) is 3.20. The summed E-state index contributed by atoms with van der Waals surface area (Å²) in [6.07, 6.45) is 1.38. The zero-order chi connectivity index (χ0) is 15.0. The van der Waals surface area contributed by atoms with Crippen LogP contribution in [0, 0.1) is 0 Å². The van der Waals surface area contributed by atoms with E-state index in [9.17, 15) is 9.59 Å². The molecule has 0 amide bonds. The van der Waals surface area contributed by atoms with Crippen molar-refractivity contribution in [1.82, 2.24) is 5.32 Å². The second kappa shape index (κ2) is 8.48. The first-order chi connectivity index (χ1) is 9.54. The van der Waals surface area contributed by atoms with E-state index in [2.05, 4.69) is 5.32 Å². The average Bonchev–Trinajstić information content (AvgIpc) is 2.44. The van der Waals surface area contributed by atoms with E-state index in [1.165, 1.54) is 12.5 Å². The number of aryl methyl sites for hydroxylation is 1. The summed E-state index contributed by atoms with van der Waals surface area (Å²) in [4.78, 5) is 23.2. The molecule has 0 aliphatic carbocycles. The molecular formula is C16H23NO3. The molecule has 1 aromatic carbocycles. The highest BCUT2D eigenvalue weighted by atomic mass is 16.5. The van der Waals surface area contributed by atoms with Crippen LogP contribution in [0.3, 0.4) is 0 Å². The molecule has 1 aromatic rings. The number of ketones is 1. The Bertz CT molecular complexity index is 431. The summed E-state index contributed by atoms with van der Waals surface area (Å²) in [5, 5.41) is 3.05. The van der Waals surface area contributed by atoms with Gasteiger partial charge in [-0.1, -0.05) is 30.3 Å². The summed E-state index contributed by atoms with van der Waals surface area (Å²) >= 11 is 0. The van der Waals surface area contributed by atoms with Crippen molar-refractivity contribution in [2.45, 2.75) is 45.7 Å². The minimum absolute atomic E-state index is 0.0130. The monoisotopic (exact) mass is 277 g/mol. The van der Waals surface area contributed by atoms with Crippen LogP contribution in [0.25, 0.3) is 0 Å². The van der Waals surface area contributed by atoms with Gasteiger partial charge in [0.15, 0.2) is 0 Å². The Labute approximate surface area is 120 Å². The number of hydrogen-bond acceptors (Lipinski definition) is 4. The molecule has 0 aromatic heterocycles. The van der Waals surface area contributed by atoms with Crippen LogP contribution in [-0.4, -0.2) is 30.4 Å². The number of carbonyl (C=O) groups is 2. The van der Waals surface area contributed by atoms with E-state index >= 15 is 0 Å². The van der Waals surface area contributed by atoms with Crippen LogP contribution in [0.4, 0.5) is 0 Å². The van der Waals surface area contributed by atoms with Crippen molar-refractivity contribution in [3.63, 3.8) is 0 Å². The van der Waals surface area contributed by atoms with Crippen LogP contribution in [-0.2, 0) is 20.7 Å². The number of carbonyl (C=O) groups excluding carboxylic acids is 2. The Kier molecular flexibility index (Phi) is 6.94. The summed E-state index contributed by atoms with van der Waals surface area (Å²) < 4.78 is 5.06. The molecular weight excluding hydrogens is 254 g/mol. The molecule has 0 fully saturated rings. The van der Waals surface area contributed by atoms with E-state index in [1.54, 1.807) is 13.8 Å². The van der Waals surface area contributed by atoms with Crippen molar-refractivity contribution >= 4 is 11.8 Å². The number of esters is 1. The van der Waals surface area contributed by atoms with E-state index < -0.39 is 6.04 Å². The third-order valence-corrected chi connectivity index (χ3v) is 3.20. The van der Waals surface area contributed by atoms with E-state index in [1.807, 2.05) is 30.3 Å². The Balaban J connectivity index is 2.62. The number of benzene rings is 1. The molecule has 20 heavy (non-hydrogen) atoms. The predicted octanol–water partition coefficient (Wildman–Crippen LogP) is 2.12. The van der Waals surface area contributed by atoms with Crippen LogP contribution in [0.2, 0.25) is 0 Å². The first kappa shape index (κ1) is 16.4. The number of nitrogens with one attached hydrogen (secondary N) is 1. The van der Waals surface area contributed by atoms with Gasteiger partial charge in [0.1, 0.15) is 11.8 Å². The van der Waals surface area contributed by atoms with Gasteiger partial charge in [-0.3, -0.25) is 14.9 Å². The summed E-state index contributed by atoms with van der Waals surface area (Å²) in [7, 11) is 0. The maximum Gasteiger partial charge on any atom is 0.323 e. The number of ether oxygens (including phenoxy) is 1. The fourth-order valence-electron chi connectivity index (χ4n) is 1.89. The Morgan fingerprint density at radius 2 is 1.90 bits per heavy atom. The lowest BCUT2D eigenvalue weighted by Gasteiger charge is -2.20. The zero-order valence-electron chi connectivity index (χ0n) is 12.4. The molecule has 0 spiro atoms. The van der Waals surface area contributed by atoms with Gasteiger partial charge in [0.05, 0.1) is 12.6 Å². The SMILES string of the molecule is CCOC(=O)[C@H](CCc1ccccc1)N[C@@H](C)C(C)=O. The van der Waals surface area contributed by atoms with Gasteiger partial charge in [0.2, 0.25) is 0 Å². The maximum atomic E-state index is 11.9. The quantitative estimate of drug-likeness (QED) is 0.739. The Hall–Kier alpha value is -1.68. The van der Waals surface area contributed by atoms with E-state index in [0.29, 0.717) is 13.0 Å². The second-order valence-electron chi connectivity index (χ2n) is 4.83. The molecule has 0 saturated carbocycles. The predicted molar refractivity (Wildman–Crippen MR) is 78.5 cm³/mol. The minimum Gasteiger partial charge on any atom is -0.465 e. The molecule has 0 radical (unpaired) electrons. The standard InChI is InChI=1S/C16H23NO3/c1-4-20-16(19)15(17-12(2)13(3)18)11-10-14-8-6-5-7-9-14/h5-9,12,15,17H,4,10-11H2,1-3H3/t12-,15-/m0/s1. The molecule has 4 heteroatoms. The molecule has 0 aliphatic heterocycles. The largest absolute Gasteiger partial charge is 0.465 e.